The molecule has 6 heteroatoms. The van der Waals surface area contributed by atoms with Gasteiger partial charge in [-0.3, -0.25) is 0 Å². The molecule has 20 heavy (non-hydrogen) atoms. The molecular formula is C14H16BrN3O2. The lowest BCUT2D eigenvalue weighted by molar-refractivity contribution is 0.296. The molecule has 0 spiro atoms. The minimum Gasteiger partial charge on any atom is -0.490 e. The summed E-state index contributed by atoms with van der Waals surface area (Å²) < 4.78 is 14.1. The van der Waals surface area contributed by atoms with Gasteiger partial charge < -0.3 is 15.2 Å². The molecule has 3 rings (SSSR count). The average molecular weight is 338 g/mol. The van der Waals surface area contributed by atoms with E-state index >= 15 is 0 Å². The number of ether oxygens (including phenoxy) is 2. The van der Waals surface area contributed by atoms with Crippen LogP contribution < -0.4 is 15.2 Å². The normalized spacial score (nSPS) is 14.1. The van der Waals surface area contributed by atoms with Gasteiger partial charge in [-0.1, -0.05) is 0 Å². The van der Waals surface area contributed by atoms with Crippen LogP contribution in [0.1, 0.15) is 17.5 Å². The van der Waals surface area contributed by atoms with Gasteiger partial charge in [0.2, 0.25) is 0 Å². The first kappa shape index (κ1) is 13.3. The van der Waals surface area contributed by atoms with E-state index in [1.54, 1.807) is 10.9 Å². The zero-order valence-electron chi connectivity index (χ0n) is 11.2. The molecule has 1 aromatic heterocycles. The molecule has 5 nitrogen and oxygen atoms in total. The minimum atomic E-state index is 0.606. The van der Waals surface area contributed by atoms with Crippen LogP contribution >= 0.6 is 15.9 Å². The number of fused-ring (bicyclic) bond motifs is 1. The van der Waals surface area contributed by atoms with Crippen LogP contribution in [0.15, 0.2) is 22.8 Å². The Labute approximate surface area is 125 Å². The summed E-state index contributed by atoms with van der Waals surface area (Å²) in [6, 6.07) is 4.01. The fourth-order valence-corrected chi connectivity index (χ4v) is 2.77. The summed E-state index contributed by atoms with van der Waals surface area (Å²) in [4.78, 5) is 0. The second-order valence-corrected chi connectivity index (χ2v) is 5.68. The van der Waals surface area contributed by atoms with E-state index in [-0.39, 0.29) is 0 Å². The molecule has 1 aliphatic rings. The molecule has 1 aromatic carbocycles. The molecule has 0 saturated carbocycles. The van der Waals surface area contributed by atoms with Crippen LogP contribution in [0.2, 0.25) is 0 Å². The summed E-state index contributed by atoms with van der Waals surface area (Å²) in [6.07, 6.45) is 2.66. The van der Waals surface area contributed by atoms with E-state index in [1.165, 1.54) is 0 Å². The predicted octanol–water partition coefficient (Wildman–Crippen LogP) is 2.75. The summed E-state index contributed by atoms with van der Waals surface area (Å²) in [5.41, 5.74) is 8.03. The molecule has 2 heterocycles. The van der Waals surface area contributed by atoms with Crippen molar-refractivity contribution >= 4 is 21.7 Å². The van der Waals surface area contributed by atoms with Crippen molar-refractivity contribution in [3.8, 4) is 11.5 Å². The van der Waals surface area contributed by atoms with Crippen LogP contribution in [0, 0.1) is 6.92 Å². The zero-order valence-corrected chi connectivity index (χ0v) is 12.8. The lowest BCUT2D eigenvalue weighted by atomic mass is 10.2. The van der Waals surface area contributed by atoms with Gasteiger partial charge in [0.1, 0.15) is 5.82 Å². The van der Waals surface area contributed by atoms with E-state index in [0.717, 1.165) is 33.5 Å². The van der Waals surface area contributed by atoms with Gasteiger partial charge in [0, 0.05) is 12.0 Å². The largest absolute Gasteiger partial charge is 0.490 e. The molecule has 0 bridgehead atoms. The number of nitrogens with two attached hydrogens (primary N) is 1. The molecule has 106 valence electrons. The van der Waals surface area contributed by atoms with Gasteiger partial charge in [0.15, 0.2) is 11.5 Å². The van der Waals surface area contributed by atoms with Crippen LogP contribution in [0.25, 0.3) is 0 Å². The molecule has 0 amide bonds. The first-order valence-electron chi connectivity index (χ1n) is 6.51. The number of nitrogens with zero attached hydrogens (tertiary/aromatic N) is 2. The quantitative estimate of drug-likeness (QED) is 0.915. The number of aromatic nitrogens is 2. The van der Waals surface area contributed by atoms with E-state index < -0.39 is 0 Å². The number of hydrogen-bond donors (Lipinski definition) is 1. The average Bonchev–Trinajstić information content (AvgIpc) is 2.66. The Morgan fingerprint density at radius 3 is 2.90 bits per heavy atom. The third-order valence-electron chi connectivity index (χ3n) is 3.27. The number of aryl methyl sites for hydroxylation is 1. The summed E-state index contributed by atoms with van der Waals surface area (Å²) in [5.74, 6) is 2.23. The van der Waals surface area contributed by atoms with Gasteiger partial charge in [-0.2, -0.15) is 5.10 Å². The first-order valence-corrected chi connectivity index (χ1v) is 7.30. The molecule has 0 radical (unpaired) electrons. The molecule has 0 unspecified atom stereocenters. The molecule has 0 atom stereocenters. The Morgan fingerprint density at radius 1 is 1.35 bits per heavy atom. The molecular weight excluding hydrogens is 322 g/mol. The third kappa shape index (κ3) is 2.47. The van der Waals surface area contributed by atoms with E-state index in [2.05, 4.69) is 21.0 Å². The van der Waals surface area contributed by atoms with Crippen molar-refractivity contribution in [1.29, 1.82) is 0 Å². The fourth-order valence-electron chi connectivity index (χ4n) is 2.16. The predicted molar refractivity (Wildman–Crippen MR) is 80.2 cm³/mol. The topological polar surface area (TPSA) is 62.3 Å². The summed E-state index contributed by atoms with van der Waals surface area (Å²) in [5, 5.41) is 4.28. The number of hydrogen-bond acceptors (Lipinski definition) is 4. The van der Waals surface area contributed by atoms with Gasteiger partial charge in [-0.15, -0.1) is 0 Å². The van der Waals surface area contributed by atoms with Gasteiger partial charge in [0.25, 0.3) is 0 Å². The van der Waals surface area contributed by atoms with E-state index in [0.29, 0.717) is 25.6 Å². The maximum absolute atomic E-state index is 5.98. The van der Waals surface area contributed by atoms with Gasteiger partial charge in [-0.05, 0) is 40.5 Å². The number of benzene rings is 1. The first-order chi connectivity index (χ1) is 9.65. The number of halogens is 1. The van der Waals surface area contributed by atoms with Crippen molar-refractivity contribution in [2.24, 2.45) is 0 Å². The van der Waals surface area contributed by atoms with Gasteiger partial charge >= 0.3 is 0 Å². The van der Waals surface area contributed by atoms with E-state index in [1.807, 2.05) is 19.1 Å². The SMILES string of the molecule is Cc1cnn(Cc2cc(Br)c3c(c2)OCCCO3)c1N. The van der Waals surface area contributed by atoms with Crippen LogP contribution in [0.3, 0.4) is 0 Å². The highest BCUT2D eigenvalue weighted by Gasteiger charge is 2.16. The molecule has 1 aliphatic heterocycles. The molecule has 0 saturated heterocycles. The lowest BCUT2D eigenvalue weighted by Gasteiger charge is -2.12. The van der Waals surface area contributed by atoms with Gasteiger partial charge in [0.05, 0.1) is 30.4 Å². The smallest absolute Gasteiger partial charge is 0.175 e. The van der Waals surface area contributed by atoms with Crippen LogP contribution in [0.4, 0.5) is 5.82 Å². The maximum Gasteiger partial charge on any atom is 0.175 e. The van der Waals surface area contributed by atoms with E-state index in [4.69, 9.17) is 15.2 Å². The second kappa shape index (κ2) is 5.36. The standard InChI is InChI=1S/C14H16BrN3O2/c1-9-7-17-18(14(9)16)8-10-5-11(15)13-12(6-10)19-3-2-4-20-13/h5-7H,2-4,8,16H2,1H3. The number of rotatable bonds is 2. The van der Waals surface area contributed by atoms with Crippen molar-refractivity contribution < 1.29 is 9.47 Å². The fraction of sp³-hybridized carbons (Fsp3) is 0.357. The highest BCUT2D eigenvalue weighted by atomic mass is 79.9. The summed E-state index contributed by atoms with van der Waals surface area (Å²) in [7, 11) is 0. The number of nitrogen functional groups attached to an aromatic ring is 1. The lowest BCUT2D eigenvalue weighted by Crippen LogP contribution is -2.06. The van der Waals surface area contributed by atoms with Crippen LogP contribution in [-0.2, 0) is 6.54 Å². The Hall–Kier alpha value is -1.69. The maximum atomic E-state index is 5.98. The summed E-state index contributed by atoms with van der Waals surface area (Å²) >= 11 is 3.54. The van der Waals surface area contributed by atoms with Crippen molar-refractivity contribution in [2.75, 3.05) is 18.9 Å². The Morgan fingerprint density at radius 2 is 2.15 bits per heavy atom. The highest BCUT2D eigenvalue weighted by Crippen LogP contribution is 2.38. The highest BCUT2D eigenvalue weighted by molar-refractivity contribution is 9.10. The molecule has 2 N–H and O–H groups in total. The van der Waals surface area contributed by atoms with Crippen LogP contribution in [0.5, 0.6) is 11.5 Å². The monoisotopic (exact) mass is 337 g/mol. The van der Waals surface area contributed by atoms with Crippen molar-refractivity contribution in [3.63, 3.8) is 0 Å². The third-order valence-corrected chi connectivity index (χ3v) is 3.86. The van der Waals surface area contributed by atoms with Crippen molar-refractivity contribution in [1.82, 2.24) is 9.78 Å². The van der Waals surface area contributed by atoms with Crippen LogP contribution in [-0.4, -0.2) is 23.0 Å². The van der Waals surface area contributed by atoms with Crippen molar-refractivity contribution in [3.05, 3.63) is 33.9 Å². The summed E-state index contributed by atoms with van der Waals surface area (Å²) in [6.45, 7) is 3.90. The molecule has 0 fully saturated rings. The van der Waals surface area contributed by atoms with E-state index in [9.17, 15) is 0 Å². The second-order valence-electron chi connectivity index (χ2n) is 4.83. The Balaban J connectivity index is 1.93. The molecule has 0 aliphatic carbocycles. The Bertz CT molecular complexity index is 640. The molecule has 2 aromatic rings. The Kier molecular flexibility index (Phi) is 3.56. The minimum absolute atomic E-state index is 0.606. The van der Waals surface area contributed by atoms with Crippen molar-refractivity contribution in [2.45, 2.75) is 19.9 Å². The van der Waals surface area contributed by atoms with Gasteiger partial charge in [-0.25, -0.2) is 4.68 Å². The zero-order chi connectivity index (χ0) is 14.1. The number of anilines is 1.